The minimum Gasteiger partial charge on any atom is -0.392 e. The van der Waals surface area contributed by atoms with E-state index in [4.69, 9.17) is 5.11 Å². The Morgan fingerprint density at radius 2 is 2.27 bits per heavy atom. The molecule has 0 atom stereocenters. The van der Waals surface area contributed by atoms with E-state index < -0.39 is 0 Å². The zero-order valence-corrected chi connectivity index (χ0v) is 9.64. The molecule has 0 fully saturated rings. The van der Waals surface area contributed by atoms with Crippen LogP contribution in [0.5, 0.6) is 0 Å². The molecule has 0 radical (unpaired) electrons. The van der Waals surface area contributed by atoms with Crippen LogP contribution in [0.4, 0.5) is 0 Å². The lowest BCUT2D eigenvalue weighted by atomic mass is 10.3. The van der Waals surface area contributed by atoms with Gasteiger partial charge in [-0.25, -0.2) is 14.6 Å². The van der Waals surface area contributed by atoms with Crippen LogP contribution in [0.15, 0.2) is 23.1 Å². The van der Waals surface area contributed by atoms with Crippen molar-refractivity contribution in [3.8, 4) is 5.95 Å². The normalized spacial score (nSPS) is 10.6. The SMILES string of the molecule is Cc1nc(-n2cc(Br)cn2)ncc1CO. The maximum atomic E-state index is 8.97. The molecule has 0 amide bonds. The van der Waals surface area contributed by atoms with E-state index in [0.717, 1.165) is 15.7 Å². The van der Waals surface area contributed by atoms with Crippen molar-refractivity contribution in [2.45, 2.75) is 13.5 Å². The van der Waals surface area contributed by atoms with E-state index in [-0.39, 0.29) is 6.61 Å². The number of hydrogen-bond acceptors (Lipinski definition) is 4. The Kier molecular flexibility index (Phi) is 2.79. The average molecular weight is 269 g/mol. The van der Waals surface area contributed by atoms with Crippen molar-refractivity contribution in [1.29, 1.82) is 0 Å². The van der Waals surface area contributed by atoms with E-state index in [1.807, 2.05) is 6.92 Å². The van der Waals surface area contributed by atoms with Gasteiger partial charge in [-0.05, 0) is 22.9 Å². The Morgan fingerprint density at radius 1 is 1.47 bits per heavy atom. The summed E-state index contributed by atoms with van der Waals surface area (Å²) in [5.74, 6) is 0.496. The molecule has 0 unspecified atom stereocenters. The fourth-order valence-electron chi connectivity index (χ4n) is 1.16. The van der Waals surface area contributed by atoms with Crippen LogP contribution in [0.25, 0.3) is 5.95 Å². The van der Waals surface area contributed by atoms with E-state index in [0.29, 0.717) is 5.95 Å². The highest BCUT2D eigenvalue weighted by Crippen LogP contribution is 2.11. The van der Waals surface area contributed by atoms with Crippen LogP contribution in [0.1, 0.15) is 11.3 Å². The fraction of sp³-hybridized carbons (Fsp3) is 0.222. The van der Waals surface area contributed by atoms with E-state index in [1.165, 1.54) is 0 Å². The van der Waals surface area contributed by atoms with Crippen molar-refractivity contribution >= 4 is 15.9 Å². The van der Waals surface area contributed by atoms with Crippen LogP contribution < -0.4 is 0 Å². The molecule has 15 heavy (non-hydrogen) atoms. The van der Waals surface area contributed by atoms with Gasteiger partial charge in [-0.2, -0.15) is 5.10 Å². The molecule has 78 valence electrons. The summed E-state index contributed by atoms with van der Waals surface area (Å²) in [4.78, 5) is 8.34. The summed E-state index contributed by atoms with van der Waals surface area (Å²) in [6.07, 6.45) is 5.04. The molecule has 2 aromatic rings. The molecule has 0 aromatic carbocycles. The second kappa shape index (κ2) is 4.08. The van der Waals surface area contributed by atoms with E-state index in [9.17, 15) is 0 Å². The summed E-state index contributed by atoms with van der Waals surface area (Å²) >= 11 is 3.30. The summed E-state index contributed by atoms with van der Waals surface area (Å²) in [5.41, 5.74) is 1.49. The van der Waals surface area contributed by atoms with E-state index in [1.54, 1.807) is 23.3 Å². The first kappa shape index (κ1) is 10.3. The van der Waals surface area contributed by atoms with Gasteiger partial charge in [0.1, 0.15) is 0 Å². The molecular formula is C9H9BrN4O. The number of aliphatic hydroxyl groups excluding tert-OH is 1. The van der Waals surface area contributed by atoms with Gasteiger partial charge in [0.05, 0.1) is 17.3 Å². The second-order valence-electron chi connectivity index (χ2n) is 3.04. The summed E-state index contributed by atoms with van der Waals surface area (Å²) in [5, 5.41) is 13.0. The second-order valence-corrected chi connectivity index (χ2v) is 3.96. The molecule has 1 N–H and O–H groups in total. The molecule has 0 aliphatic rings. The number of halogens is 1. The fourth-order valence-corrected chi connectivity index (χ4v) is 1.44. The summed E-state index contributed by atoms with van der Waals surface area (Å²) < 4.78 is 2.44. The van der Waals surface area contributed by atoms with Crippen LogP contribution in [-0.4, -0.2) is 24.9 Å². The topological polar surface area (TPSA) is 63.8 Å². The van der Waals surface area contributed by atoms with Gasteiger partial charge in [0, 0.05) is 23.7 Å². The standard InChI is InChI=1S/C9H9BrN4O/c1-6-7(5-15)2-11-9(13-6)14-4-8(10)3-12-14/h2-4,15H,5H2,1H3. The van der Waals surface area contributed by atoms with Gasteiger partial charge >= 0.3 is 0 Å². The summed E-state index contributed by atoms with van der Waals surface area (Å²) in [6.45, 7) is 1.78. The predicted molar refractivity (Wildman–Crippen MR) is 57.5 cm³/mol. The minimum absolute atomic E-state index is 0.0467. The Balaban J connectivity index is 2.42. The molecule has 2 rings (SSSR count). The van der Waals surface area contributed by atoms with E-state index >= 15 is 0 Å². The Hall–Kier alpha value is -1.27. The summed E-state index contributed by atoms with van der Waals surface area (Å²) in [6, 6.07) is 0. The van der Waals surface area contributed by atoms with Crippen LogP contribution in [0, 0.1) is 6.92 Å². The zero-order valence-electron chi connectivity index (χ0n) is 8.05. The highest BCUT2D eigenvalue weighted by atomic mass is 79.9. The van der Waals surface area contributed by atoms with E-state index in [2.05, 4.69) is 31.0 Å². The zero-order chi connectivity index (χ0) is 10.8. The van der Waals surface area contributed by atoms with Gasteiger partial charge in [-0.1, -0.05) is 0 Å². The number of rotatable bonds is 2. The van der Waals surface area contributed by atoms with Crippen LogP contribution in [0.3, 0.4) is 0 Å². The van der Waals surface area contributed by atoms with Gasteiger partial charge in [0.15, 0.2) is 0 Å². The molecular weight excluding hydrogens is 260 g/mol. The third-order valence-corrected chi connectivity index (χ3v) is 2.40. The van der Waals surface area contributed by atoms with Crippen molar-refractivity contribution < 1.29 is 5.11 Å². The number of hydrogen-bond donors (Lipinski definition) is 1. The number of aromatic nitrogens is 4. The molecule has 6 heteroatoms. The molecule has 2 heterocycles. The highest BCUT2D eigenvalue weighted by molar-refractivity contribution is 9.10. The first-order valence-electron chi connectivity index (χ1n) is 4.34. The van der Waals surface area contributed by atoms with Crippen LogP contribution in [-0.2, 0) is 6.61 Å². The lowest BCUT2D eigenvalue weighted by Gasteiger charge is -2.03. The number of aliphatic hydroxyl groups is 1. The maximum absolute atomic E-state index is 8.97. The first-order chi connectivity index (χ1) is 7.20. The lowest BCUT2D eigenvalue weighted by Crippen LogP contribution is -2.04. The first-order valence-corrected chi connectivity index (χ1v) is 5.14. The summed E-state index contributed by atoms with van der Waals surface area (Å²) in [7, 11) is 0. The predicted octanol–water partition coefficient (Wildman–Crippen LogP) is 1.23. The molecule has 0 bridgehead atoms. The van der Waals surface area contributed by atoms with Gasteiger partial charge < -0.3 is 5.11 Å². The monoisotopic (exact) mass is 268 g/mol. The van der Waals surface area contributed by atoms with Crippen LogP contribution in [0.2, 0.25) is 0 Å². The molecule has 0 aliphatic carbocycles. The maximum Gasteiger partial charge on any atom is 0.250 e. The van der Waals surface area contributed by atoms with Gasteiger partial charge in [0.25, 0.3) is 5.95 Å². The molecule has 0 saturated carbocycles. The Morgan fingerprint density at radius 3 is 2.80 bits per heavy atom. The van der Waals surface area contributed by atoms with Gasteiger partial charge in [0.2, 0.25) is 0 Å². The Bertz CT molecular complexity index is 483. The van der Waals surface area contributed by atoms with Gasteiger partial charge in [-0.15, -0.1) is 0 Å². The van der Waals surface area contributed by atoms with Crippen molar-refractivity contribution in [3.05, 3.63) is 34.3 Å². The molecule has 0 spiro atoms. The molecule has 0 aliphatic heterocycles. The lowest BCUT2D eigenvalue weighted by molar-refractivity contribution is 0.280. The minimum atomic E-state index is -0.0467. The largest absolute Gasteiger partial charge is 0.392 e. The van der Waals surface area contributed by atoms with Crippen molar-refractivity contribution in [2.75, 3.05) is 0 Å². The van der Waals surface area contributed by atoms with Crippen molar-refractivity contribution in [1.82, 2.24) is 19.7 Å². The molecule has 0 saturated heterocycles. The number of aryl methyl sites for hydroxylation is 1. The smallest absolute Gasteiger partial charge is 0.250 e. The average Bonchev–Trinajstić information content (AvgIpc) is 2.65. The molecule has 5 nitrogen and oxygen atoms in total. The van der Waals surface area contributed by atoms with Crippen molar-refractivity contribution in [3.63, 3.8) is 0 Å². The number of nitrogens with zero attached hydrogens (tertiary/aromatic N) is 4. The highest BCUT2D eigenvalue weighted by Gasteiger charge is 2.05. The quantitative estimate of drug-likeness (QED) is 0.890. The third kappa shape index (κ3) is 2.05. The van der Waals surface area contributed by atoms with Crippen LogP contribution >= 0.6 is 15.9 Å². The molecule has 2 aromatic heterocycles. The van der Waals surface area contributed by atoms with Gasteiger partial charge in [-0.3, -0.25) is 0 Å². The third-order valence-electron chi connectivity index (χ3n) is 1.99. The van der Waals surface area contributed by atoms with Crippen molar-refractivity contribution in [2.24, 2.45) is 0 Å². The Labute approximate surface area is 94.9 Å².